The van der Waals surface area contributed by atoms with Crippen molar-refractivity contribution in [2.24, 2.45) is 5.92 Å². The lowest BCUT2D eigenvalue weighted by atomic mass is 10.1. The number of halogens is 1. The lowest BCUT2D eigenvalue weighted by Crippen LogP contribution is -2.12. The zero-order chi connectivity index (χ0) is 7.98. The van der Waals surface area contributed by atoms with Gasteiger partial charge < -0.3 is 4.74 Å². The van der Waals surface area contributed by atoms with Crippen LogP contribution >= 0.6 is 22.6 Å². The van der Waals surface area contributed by atoms with E-state index in [2.05, 4.69) is 29.5 Å². The van der Waals surface area contributed by atoms with Crippen molar-refractivity contribution >= 4 is 28.6 Å². The molecule has 0 spiro atoms. The number of carbonyl (C=O) groups is 1. The fourth-order valence-corrected chi connectivity index (χ4v) is 1.38. The van der Waals surface area contributed by atoms with Gasteiger partial charge in [-0.15, -0.1) is 0 Å². The van der Waals surface area contributed by atoms with Crippen molar-refractivity contribution in [1.82, 2.24) is 0 Å². The Labute approximate surface area is 75.5 Å². The fraction of sp³-hybridized carbons (Fsp3) is 0.857. The molecule has 0 amide bonds. The smallest absolute Gasteiger partial charge is 0.302 e. The average molecular weight is 256 g/mol. The third-order valence-electron chi connectivity index (χ3n) is 1.32. The van der Waals surface area contributed by atoms with Gasteiger partial charge in [0.15, 0.2) is 0 Å². The van der Waals surface area contributed by atoms with Gasteiger partial charge in [0.25, 0.3) is 0 Å². The van der Waals surface area contributed by atoms with Crippen LogP contribution in [0.25, 0.3) is 0 Å². The third-order valence-corrected chi connectivity index (χ3v) is 2.56. The van der Waals surface area contributed by atoms with Crippen LogP contribution in [0.3, 0.4) is 0 Å². The SMILES string of the molecule is CC[C@H](CI)COC(C)=O. The van der Waals surface area contributed by atoms with Crippen molar-refractivity contribution in [3.8, 4) is 0 Å². The monoisotopic (exact) mass is 256 g/mol. The van der Waals surface area contributed by atoms with Gasteiger partial charge >= 0.3 is 5.97 Å². The first-order valence-electron chi connectivity index (χ1n) is 3.40. The van der Waals surface area contributed by atoms with Gasteiger partial charge in [0, 0.05) is 17.3 Å². The molecule has 0 heterocycles. The molecule has 0 unspecified atom stereocenters. The van der Waals surface area contributed by atoms with Gasteiger partial charge in [-0.2, -0.15) is 0 Å². The van der Waals surface area contributed by atoms with E-state index >= 15 is 0 Å². The second-order valence-electron chi connectivity index (χ2n) is 2.23. The molecular formula is C7H13IO2. The van der Waals surface area contributed by atoms with Crippen molar-refractivity contribution < 1.29 is 9.53 Å². The Morgan fingerprint density at radius 3 is 2.60 bits per heavy atom. The van der Waals surface area contributed by atoms with Gasteiger partial charge in [-0.25, -0.2) is 0 Å². The number of esters is 1. The Balaban J connectivity index is 3.34. The quantitative estimate of drug-likeness (QED) is 0.437. The molecule has 0 aliphatic rings. The van der Waals surface area contributed by atoms with E-state index in [0.717, 1.165) is 10.8 Å². The number of alkyl halides is 1. The van der Waals surface area contributed by atoms with Crippen LogP contribution in [0.2, 0.25) is 0 Å². The molecule has 0 aromatic heterocycles. The number of rotatable bonds is 4. The van der Waals surface area contributed by atoms with Crippen LogP contribution in [0, 0.1) is 5.92 Å². The molecule has 0 rings (SSSR count). The van der Waals surface area contributed by atoms with Crippen LogP contribution in [0.15, 0.2) is 0 Å². The summed E-state index contributed by atoms with van der Waals surface area (Å²) in [7, 11) is 0. The van der Waals surface area contributed by atoms with E-state index in [1.54, 1.807) is 0 Å². The number of carbonyl (C=O) groups excluding carboxylic acids is 1. The molecular weight excluding hydrogens is 243 g/mol. The van der Waals surface area contributed by atoms with Crippen molar-refractivity contribution in [3.63, 3.8) is 0 Å². The molecule has 0 aliphatic carbocycles. The molecule has 0 radical (unpaired) electrons. The summed E-state index contributed by atoms with van der Waals surface area (Å²) in [6.07, 6.45) is 1.08. The summed E-state index contributed by atoms with van der Waals surface area (Å²) in [6.45, 7) is 4.13. The highest BCUT2D eigenvalue weighted by Crippen LogP contribution is 2.06. The maximum Gasteiger partial charge on any atom is 0.302 e. The van der Waals surface area contributed by atoms with Crippen molar-refractivity contribution in [1.29, 1.82) is 0 Å². The highest BCUT2D eigenvalue weighted by atomic mass is 127. The summed E-state index contributed by atoms with van der Waals surface area (Å²) >= 11 is 2.30. The Morgan fingerprint density at radius 1 is 1.70 bits per heavy atom. The first-order valence-corrected chi connectivity index (χ1v) is 4.92. The normalized spacial score (nSPS) is 12.7. The van der Waals surface area contributed by atoms with E-state index in [-0.39, 0.29) is 5.97 Å². The van der Waals surface area contributed by atoms with Gasteiger partial charge in [0.05, 0.1) is 6.61 Å². The van der Waals surface area contributed by atoms with Gasteiger partial charge in [0.1, 0.15) is 0 Å². The minimum absolute atomic E-state index is 0.177. The molecule has 0 saturated carbocycles. The van der Waals surface area contributed by atoms with Crippen LogP contribution < -0.4 is 0 Å². The lowest BCUT2D eigenvalue weighted by Gasteiger charge is -2.09. The van der Waals surface area contributed by atoms with Crippen LogP contribution in [-0.2, 0) is 9.53 Å². The van der Waals surface area contributed by atoms with E-state index in [1.165, 1.54) is 6.92 Å². The number of hydrogen-bond donors (Lipinski definition) is 0. The molecule has 0 aliphatic heterocycles. The van der Waals surface area contributed by atoms with Gasteiger partial charge in [0.2, 0.25) is 0 Å². The van der Waals surface area contributed by atoms with Crippen LogP contribution in [0.5, 0.6) is 0 Å². The molecule has 2 nitrogen and oxygen atoms in total. The number of ether oxygens (including phenoxy) is 1. The fourth-order valence-electron chi connectivity index (χ4n) is 0.507. The molecule has 0 bridgehead atoms. The summed E-state index contributed by atoms with van der Waals surface area (Å²) in [5.41, 5.74) is 0. The summed E-state index contributed by atoms with van der Waals surface area (Å²) in [4.78, 5) is 10.4. The van der Waals surface area contributed by atoms with Gasteiger partial charge in [-0.1, -0.05) is 29.5 Å². The highest BCUT2D eigenvalue weighted by Gasteiger charge is 2.04. The van der Waals surface area contributed by atoms with Gasteiger partial charge in [-0.3, -0.25) is 4.79 Å². The Hall–Kier alpha value is 0.200. The van der Waals surface area contributed by atoms with E-state index in [1.807, 2.05) is 0 Å². The first-order chi connectivity index (χ1) is 4.70. The van der Waals surface area contributed by atoms with E-state index < -0.39 is 0 Å². The summed E-state index contributed by atoms with van der Waals surface area (Å²) in [5.74, 6) is 0.354. The molecule has 60 valence electrons. The summed E-state index contributed by atoms with van der Waals surface area (Å²) < 4.78 is 5.90. The lowest BCUT2D eigenvalue weighted by molar-refractivity contribution is -0.142. The third kappa shape index (κ3) is 5.02. The zero-order valence-electron chi connectivity index (χ0n) is 6.39. The Kier molecular flexibility index (Phi) is 6.06. The minimum atomic E-state index is -0.177. The van der Waals surface area contributed by atoms with Crippen LogP contribution in [0.4, 0.5) is 0 Å². The Morgan fingerprint density at radius 2 is 2.30 bits per heavy atom. The molecule has 10 heavy (non-hydrogen) atoms. The van der Waals surface area contributed by atoms with E-state index in [4.69, 9.17) is 4.74 Å². The summed E-state index contributed by atoms with van der Waals surface area (Å²) in [5, 5.41) is 0. The molecule has 0 fully saturated rings. The summed E-state index contributed by atoms with van der Waals surface area (Å²) in [6, 6.07) is 0. The predicted octanol–water partition coefficient (Wildman–Crippen LogP) is 2.01. The predicted molar refractivity (Wildman–Crippen MR) is 49.3 cm³/mol. The largest absolute Gasteiger partial charge is 0.466 e. The van der Waals surface area contributed by atoms with E-state index in [0.29, 0.717) is 12.5 Å². The molecule has 1 atom stereocenters. The Bertz CT molecular complexity index is 99.8. The van der Waals surface area contributed by atoms with Crippen molar-refractivity contribution in [2.75, 3.05) is 11.0 Å². The van der Waals surface area contributed by atoms with Crippen molar-refractivity contribution in [3.05, 3.63) is 0 Å². The molecule has 0 aromatic rings. The molecule has 0 saturated heterocycles. The maximum atomic E-state index is 10.4. The van der Waals surface area contributed by atoms with E-state index in [9.17, 15) is 4.79 Å². The van der Waals surface area contributed by atoms with Crippen LogP contribution in [0.1, 0.15) is 20.3 Å². The highest BCUT2D eigenvalue weighted by molar-refractivity contribution is 14.1. The topological polar surface area (TPSA) is 26.3 Å². The zero-order valence-corrected chi connectivity index (χ0v) is 8.55. The molecule has 0 N–H and O–H groups in total. The minimum Gasteiger partial charge on any atom is -0.466 e. The van der Waals surface area contributed by atoms with Crippen molar-refractivity contribution in [2.45, 2.75) is 20.3 Å². The molecule has 0 aromatic carbocycles. The average Bonchev–Trinajstić information content (AvgIpc) is 1.90. The van der Waals surface area contributed by atoms with Crippen LogP contribution in [-0.4, -0.2) is 17.0 Å². The number of hydrogen-bond acceptors (Lipinski definition) is 2. The standard InChI is InChI=1S/C7H13IO2/c1-3-7(4-8)5-10-6(2)9/h7H,3-5H2,1-2H3/t7-/m1/s1. The van der Waals surface area contributed by atoms with Gasteiger partial charge in [-0.05, 0) is 6.42 Å². The maximum absolute atomic E-state index is 10.4. The molecule has 3 heteroatoms. The first kappa shape index (κ1) is 10.2. The second kappa shape index (κ2) is 5.95. The second-order valence-corrected chi connectivity index (χ2v) is 3.11.